The van der Waals surface area contributed by atoms with Crippen LogP contribution in [0.15, 0.2) is 84.9 Å². The van der Waals surface area contributed by atoms with Crippen molar-refractivity contribution in [1.29, 1.82) is 0 Å². The number of anilines is 1. The lowest BCUT2D eigenvalue weighted by Gasteiger charge is -2.34. The van der Waals surface area contributed by atoms with E-state index in [9.17, 15) is 18.0 Å². The van der Waals surface area contributed by atoms with E-state index in [0.29, 0.717) is 11.4 Å². The molecule has 0 saturated heterocycles. The molecule has 202 valence electrons. The molecule has 38 heavy (non-hydrogen) atoms. The third-order valence-corrected chi connectivity index (χ3v) is 7.05. The quantitative estimate of drug-likeness (QED) is 0.381. The number of sulfonamides is 1. The van der Waals surface area contributed by atoms with Gasteiger partial charge in [-0.25, -0.2) is 8.42 Å². The highest BCUT2D eigenvalue weighted by molar-refractivity contribution is 7.92. The first-order valence-electron chi connectivity index (χ1n) is 12.4. The Bertz CT molecular complexity index is 1310. The van der Waals surface area contributed by atoms with Gasteiger partial charge in [-0.1, -0.05) is 60.7 Å². The number of carbonyl (C=O) groups is 2. The van der Waals surface area contributed by atoms with Gasteiger partial charge in [-0.2, -0.15) is 0 Å². The highest BCUT2D eigenvalue weighted by Gasteiger charge is 2.33. The molecule has 9 heteroatoms. The number of para-hydroxylation sites is 1. The molecule has 0 heterocycles. The lowest BCUT2D eigenvalue weighted by molar-refractivity contribution is -0.140. The standard InChI is InChI=1S/C29H35N3O5S/c1-22(2)30-29(34)27(19-23-12-7-5-8-13-23)31(20-24-14-11-17-26(18-24)37-3)28(33)21-32(38(4,35)36)25-15-9-6-10-16-25/h5-18,22,27H,19-21H2,1-4H3,(H,30,34)/t27-/m0/s1. The van der Waals surface area contributed by atoms with Crippen molar-refractivity contribution < 1.29 is 22.7 Å². The van der Waals surface area contributed by atoms with Crippen molar-refractivity contribution in [2.75, 3.05) is 24.2 Å². The van der Waals surface area contributed by atoms with Gasteiger partial charge in [-0.05, 0) is 49.2 Å². The Morgan fingerprint density at radius 1 is 0.895 bits per heavy atom. The fraction of sp³-hybridized carbons (Fsp3) is 0.310. The smallest absolute Gasteiger partial charge is 0.244 e. The van der Waals surface area contributed by atoms with Gasteiger partial charge < -0.3 is 15.0 Å². The van der Waals surface area contributed by atoms with Crippen LogP contribution >= 0.6 is 0 Å². The lowest BCUT2D eigenvalue weighted by atomic mass is 10.0. The molecule has 3 rings (SSSR count). The zero-order valence-electron chi connectivity index (χ0n) is 22.2. The number of nitrogens with zero attached hydrogens (tertiary/aromatic N) is 2. The maximum Gasteiger partial charge on any atom is 0.244 e. The van der Waals surface area contributed by atoms with Crippen molar-refractivity contribution in [3.05, 3.63) is 96.1 Å². The predicted molar refractivity (Wildman–Crippen MR) is 149 cm³/mol. The summed E-state index contributed by atoms with van der Waals surface area (Å²) < 4.78 is 31.9. The van der Waals surface area contributed by atoms with Gasteiger partial charge in [0.1, 0.15) is 18.3 Å². The minimum absolute atomic E-state index is 0.0887. The summed E-state index contributed by atoms with van der Waals surface area (Å²) in [5.74, 6) is -0.198. The van der Waals surface area contributed by atoms with Crippen molar-refractivity contribution in [3.8, 4) is 5.75 Å². The van der Waals surface area contributed by atoms with Crippen molar-refractivity contribution in [3.63, 3.8) is 0 Å². The zero-order chi connectivity index (χ0) is 27.7. The van der Waals surface area contributed by atoms with E-state index in [0.717, 1.165) is 21.7 Å². The van der Waals surface area contributed by atoms with Gasteiger partial charge in [0.2, 0.25) is 21.8 Å². The second-order valence-electron chi connectivity index (χ2n) is 9.35. The summed E-state index contributed by atoms with van der Waals surface area (Å²) in [6.45, 7) is 3.34. The van der Waals surface area contributed by atoms with E-state index in [1.807, 2.05) is 56.3 Å². The van der Waals surface area contributed by atoms with Crippen LogP contribution in [-0.4, -0.2) is 57.1 Å². The van der Waals surface area contributed by atoms with E-state index in [1.54, 1.807) is 49.6 Å². The highest BCUT2D eigenvalue weighted by atomic mass is 32.2. The zero-order valence-corrected chi connectivity index (χ0v) is 23.0. The summed E-state index contributed by atoms with van der Waals surface area (Å²) in [5.41, 5.74) is 2.00. The minimum atomic E-state index is -3.79. The Kier molecular flexibility index (Phi) is 9.90. The summed E-state index contributed by atoms with van der Waals surface area (Å²) in [7, 11) is -2.23. The Balaban J connectivity index is 2.05. The first-order chi connectivity index (χ1) is 18.1. The van der Waals surface area contributed by atoms with Crippen LogP contribution in [0, 0.1) is 0 Å². The second kappa shape index (κ2) is 13.1. The average Bonchev–Trinajstić information content (AvgIpc) is 2.89. The molecular formula is C29H35N3O5S. The molecule has 1 N–H and O–H groups in total. The fourth-order valence-electron chi connectivity index (χ4n) is 4.11. The van der Waals surface area contributed by atoms with Gasteiger partial charge in [-0.3, -0.25) is 13.9 Å². The number of amides is 2. The third-order valence-electron chi connectivity index (χ3n) is 5.91. The van der Waals surface area contributed by atoms with Crippen molar-refractivity contribution in [1.82, 2.24) is 10.2 Å². The maximum absolute atomic E-state index is 14.0. The minimum Gasteiger partial charge on any atom is -0.497 e. The van der Waals surface area contributed by atoms with Gasteiger partial charge in [-0.15, -0.1) is 0 Å². The van der Waals surface area contributed by atoms with Crippen molar-refractivity contribution in [2.45, 2.75) is 38.9 Å². The SMILES string of the molecule is COc1cccc(CN(C(=O)CN(c2ccccc2)S(C)(=O)=O)[C@@H](Cc2ccccc2)C(=O)NC(C)C)c1. The topological polar surface area (TPSA) is 96.0 Å². The normalized spacial score (nSPS) is 12.0. The highest BCUT2D eigenvalue weighted by Crippen LogP contribution is 2.21. The Hall–Kier alpha value is -3.85. The van der Waals surface area contributed by atoms with Gasteiger partial charge in [0.15, 0.2) is 0 Å². The van der Waals surface area contributed by atoms with Crippen molar-refractivity contribution >= 4 is 27.5 Å². The fourth-order valence-corrected chi connectivity index (χ4v) is 4.96. The second-order valence-corrected chi connectivity index (χ2v) is 11.3. The number of ether oxygens (including phenoxy) is 1. The molecule has 0 bridgehead atoms. The van der Waals surface area contributed by atoms with Gasteiger partial charge in [0.25, 0.3) is 0 Å². The van der Waals surface area contributed by atoms with E-state index in [-0.39, 0.29) is 24.9 Å². The van der Waals surface area contributed by atoms with Crippen LogP contribution in [0.25, 0.3) is 0 Å². The van der Waals surface area contributed by atoms with Gasteiger partial charge >= 0.3 is 0 Å². The van der Waals surface area contributed by atoms with Gasteiger partial charge in [0, 0.05) is 19.0 Å². The Morgan fingerprint density at radius 3 is 2.08 bits per heavy atom. The van der Waals surface area contributed by atoms with Crippen LogP contribution in [0.3, 0.4) is 0 Å². The van der Waals surface area contributed by atoms with Crippen molar-refractivity contribution in [2.24, 2.45) is 0 Å². The van der Waals surface area contributed by atoms with E-state index in [4.69, 9.17) is 4.74 Å². The Morgan fingerprint density at radius 2 is 1.50 bits per heavy atom. The summed E-state index contributed by atoms with van der Waals surface area (Å²) in [4.78, 5) is 28.9. The number of nitrogens with one attached hydrogen (secondary N) is 1. The van der Waals surface area contributed by atoms with E-state index >= 15 is 0 Å². The molecule has 0 unspecified atom stereocenters. The number of carbonyl (C=O) groups excluding carboxylic acids is 2. The summed E-state index contributed by atoms with van der Waals surface area (Å²) in [5, 5.41) is 2.93. The van der Waals surface area contributed by atoms with Crippen LogP contribution in [0.4, 0.5) is 5.69 Å². The molecule has 0 saturated carbocycles. The van der Waals surface area contributed by atoms with Crippen LogP contribution in [0.1, 0.15) is 25.0 Å². The number of benzene rings is 3. The molecule has 0 spiro atoms. The van der Waals surface area contributed by atoms with E-state index < -0.39 is 28.5 Å². The number of hydrogen-bond acceptors (Lipinski definition) is 5. The van der Waals surface area contributed by atoms with Crippen LogP contribution in [-0.2, 0) is 32.6 Å². The molecule has 8 nitrogen and oxygen atoms in total. The molecule has 0 fully saturated rings. The summed E-state index contributed by atoms with van der Waals surface area (Å²) >= 11 is 0. The molecule has 1 atom stereocenters. The maximum atomic E-state index is 14.0. The molecule has 0 aliphatic carbocycles. The lowest BCUT2D eigenvalue weighted by Crippen LogP contribution is -2.54. The predicted octanol–water partition coefficient (Wildman–Crippen LogP) is 3.63. The van der Waals surface area contributed by atoms with E-state index in [2.05, 4.69) is 5.32 Å². The molecule has 0 aromatic heterocycles. The summed E-state index contributed by atoms with van der Waals surface area (Å²) in [6, 6.07) is 24.1. The molecule has 0 aliphatic heterocycles. The first-order valence-corrected chi connectivity index (χ1v) is 14.2. The van der Waals surface area contributed by atoms with Crippen LogP contribution in [0.2, 0.25) is 0 Å². The monoisotopic (exact) mass is 537 g/mol. The van der Waals surface area contributed by atoms with E-state index in [1.165, 1.54) is 4.90 Å². The number of methoxy groups -OCH3 is 1. The molecular weight excluding hydrogens is 502 g/mol. The molecule has 0 radical (unpaired) electrons. The van der Waals surface area contributed by atoms with Crippen LogP contribution in [0.5, 0.6) is 5.75 Å². The molecule has 0 aliphatic rings. The largest absolute Gasteiger partial charge is 0.497 e. The van der Waals surface area contributed by atoms with Gasteiger partial charge in [0.05, 0.1) is 19.1 Å². The Labute approximate surface area is 225 Å². The molecule has 3 aromatic rings. The average molecular weight is 538 g/mol. The van der Waals surface area contributed by atoms with Crippen LogP contribution < -0.4 is 14.4 Å². The number of rotatable bonds is 12. The summed E-state index contributed by atoms with van der Waals surface area (Å²) in [6.07, 6.45) is 1.33. The third kappa shape index (κ3) is 8.08. The molecule has 2 amide bonds. The first kappa shape index (κ1) is 28.7. The molecule has 3 aromatic carbocycles. The number of hydrogen-bond donors (Lipinski definition) is 1.